The number of alkyl halides is 1. The molecule has 2 aromatic carbocycles. The Labute approximate surface area is 165 Å². The second-order valence-electron chi connectivity index (χ2n) is 6.11. The van der Waals surface area contributed by atoms with Gasteiger partial charge in [0.2, 0.25) is 0 Å². The maximum absolute atomic E-state index is 12.6. The molecule has 1 amide bonds. The van der Waals surface area contributed by atoms with Gasteiger partial charge in [0.25, 0.3) is 15.9 Å². The first-order valence-electron chi connectivity index (χ1n) is 7.67. The van der Waals surface area contributed by atoms with Crippen LogP contribution in [0.25, 0.3) is 0 Å². The van der Waals surface area contributed by atoms with Crippen LogP contribution in [0.5, 0.6) is 0 Å². The lowest BCUT2D eigenvalue weighted by Gasteiger charge is -2.52. The van der Waals surface area contributed by atoms with Gasteiger partial charge in [-0.1, -0.05) is 23.7 Å². The molecule has 1 fully saturated rings. The van der Waals surface area contributed by atoms with Gasteiger partial charge in [0, 0.05) is 5.02 Å². The topological polar surface area (TPSA) is 104 Å². The van der Waals surface area contributed by atoms with Crippen molar-refractivity contribution in [1.82, 2.24) is 9.84 Å². The predicted molar refractivity (Wildman–Crippen MR) is 99.0 cm³/mol. The number of hydrazine groups is 1. The first kappa shape index (κ1) is 19.6. The van der Waals surface area contributed by atoms with Crippen molar-refractivity contribution in [2.75, 3.05) is 0 Å². The molecule has 142 valence electrons. The van der Waals surface area contributed by atoms with Crippen molar-refractivity contribution >= 4 is 45.1 Å². The Morgan fingerprint density at radius 1 is 1.15 bits per heavy atom. The minimum atomic E-state index is -4.13. The number of sulfonamides is 1. The molecule has 3 rings (SSSR count). The molecule has 10 heteroatoms. The lowest BCUT2D eigenvalue weighted by atomic mass is 9.80. The standard InChI is InChI=1S/C17H14Cl2N2O5S/c1-17(11-4-6-12(18)7-5-11)14(19)15(22)21(17)20-27(25,26)13-8-2-10(3-9-13)16(23)24/h2-9,14,20H,1H3,(H,23,24). The number of benzene rings is 2. The molecule has 1 aliphatic rings. The minimum absolute atomic E-state index is 0.0548. The summed E-state index contributed by atoms with van der Waals surface area (Å²) in [6, 6.07) is 11.2. The van der Waals surface area contributed by atoms with Crippen molar-refractivity contribution < 1.29 is 23.1 Å². The van der Waals surface area contributed by atoms with E-state index in [-0.39, 0.29) is 10.5 Å². The van der Waals surface area contributed by atoms with Crippen LogP contribution >= 0.6 is 23.2 Å². The van der Waals surface area contributed by atoms with E-state index in [0.717, 1.165) is 29.3 Å². The Morgan fingerprint density at radius 3 is 2.22 bits per heavy atom. The van der Waals surface area contributed by atoms with E-state index in [2.05, 4.69) is 4.83 Å². The summed E-state index contributed by atoms with van der Waals surface area (Å²) in [5.74, 6) is -1.77. The maximum Gasteiger partial charge on any atom is 0.335 e. The van der Waals surface area contributed by atoms with Gasteiger partial charge >= 0.3 is 5.97 Å². The molecule has 0 radical (unpaired) electrons. The van der Waals surface area contributed by atoms with Gasteiger partial charge in [0.1, 0.15) is 10.9 Å². The number of nitrogens with zero attached hydrogens (tertiary/aromatic N) is 1. The molecule has 1 heterocycles. The third-order valence-electron chi connectivity index (χ3n) is 4.45. The molecule has 7 nitrogen and oxygen atoms in total. The zero-order valence-corrected chi connectivity index (χ0v) is 16.2. The normalized spacial score (nSPS) is 22.4. The number of hydrogen-bond acceptors (Lipinski definition) is 4. The molecule has 0 saturated carbocycles. The average Bonchev–Trinajstić information content (AvgIpc) is 2.65. The molecule has 2 aromatic rings. The van der Waals surface area contributed by atoms with Crippen LogP contribution in [-0.4, -0.2) is 35.8 Å². The number of β-lactam (4-membered cyclic amide) rings is 1. The summed E-state index contributed by atoms with van der Waals surface area (Å²) >= 11 is 12.1. The molecular weight excluding hydrogens is 415 g/mol. The molecule has 1 aliphatic heterocycles. The summed E-state index contributed by atoms with van der Waals surface area (Å²) in [6.45, 7) is 1.63. The van der Waals surface area contributed by atoms with E-state index in [4.69, 9.17) is 28.3 Å². The summed E-state index contributed by atoms with van der Waals surface area (Å²) in [5, 5.41) is 9.39. The van der Waals surface area contributed by atoms with Gasteiger partial charge < -0.3 is 5.11 Å². The fourth-order valence-corrected chi connectivity index (χ4v) is 4.35. The molecule has 2 atom stereocenters. The van der Waals surface area contributed by atoms with Crippen LogP contribution in [0.1, 0.15) is 22.8 Å². The van der Waals surface area contributed by atoms with Crippen LogP contribution in [0.15, 0.2) is 53.4 Å². The second-order valence-corrected chi connectivity index (χ2v) is 8.65. The summed E-state index contributed by atoms with van der Waals surface area (Å²) in [5.41, 5.74) is -0.562. The van der Waals surface area contributed by atoms with Crippen molar-refractivity contribution in [1.29, 1.82) is 0 Å². The quantitative estimate of drug-likeness (QED) is 0.562. The Morgan fingerprint density at radius 2 is 1.70 bits per heavy atom. The van der Waals surface area contributed by atoms with Gasteiger partial charge in [-0.05, 0) is 48.9 Å². The van der Waals surface area contributed by atoms with E-state index < -0.39 is 32.8 Å². The van der Waals surface area contributed by atoms with Gasteiger partial charge in [0.15, 0.2) is 0 Å². The third kappa shape index (κ3) is 3.29. The number of carboxylic acids is 1. The number of nitrogens with one attached hydrogen (secondary N) is 1. The number of aromatic carboxylic acids is 1. The highest BCUT2D eigenvalue weighted by Crippen LogP contribution is 2.44. The monoisotopic (exact) mass is 428 g/mol. The Bertz CT molecular complexity index is 1010. The van der Waals surface area contributed by atoms with Crippen LogP contribution in [-0.2, 0) is 20.4 Å². The highest BCUT2D eigenvalue weighted by molar-refractivity contribution is 7.89. The SMILES string of the molecule is CC1(c2ccc(Cl)cc2)C(Cl)C(=O)N1NS(=O)(=O)c1ccc(C(=O)O)cc1. The minimum Gasteiger partial charge on any atom is -0.478 e. The zero-order chi connectivity index (χ0) is 20.0. The van der Waals surface area contributed by atoms with E-state index in [1.165, 1.54) is 0 Å². The molecule has 2 unspecified atom stereocenters. The van der Waals surface area contributed by atoms with E-state index >= 15 is 0 Å². The van der Waals surface area contributed by atoms with E-state index in [1.54, 1.807) is 31.2 Å². The van der Waals surface area contributed by atoms with Crippen LogP contribution in [0.2, 0.25) is 5.02 Å². The third-order valence-corrected chi connectivity index (χ3v) is 6.63. The molecule has 0 aromatic heterocycles. The van der Waals surface area contributed by atoms with Crippen molar-refractivity contribution in [2.24, 2.45) is 0 Å². The summed E-state index contributed by atoms with van der Waals surface area (Å²) in [6.07, 6.45) is 0. The molecule has 1 saturated heterocycles. The van der Waals surface area contributed by atoms with Crippen molar-refractivity contribution in [3.63, 3.8) is 0 Å². The molecular formula is C17H14Cl2N2O5S. The number of amides is 1. The number of carbonyl (C=O) groups excluding carboxylic acids is 1. The van der Waals surface area contributed by atoms with Crippen molar-refractivity contribution in [3.8, 4) is 0 Å². The van der Waals surface area contributed by atoms with Gasteiger partial charge in [-0.3, -0.25) is 9.80 Å². The fourth-order valence-electron chi connectivity index (χ4n) is 2.78. The highest BCUT2D eigenvalue weighted by Gasteiger charge is 2.59. The fraction of sp³-hybridized carbons (Fsp3) is 0.176. The van der Waals surface area contributed by atoms with Crippen LogP contribution < -0.4 is 4.83 Å². The molecule has 27 heavy (non-hydrogen) atoms. The predicted octanol–water partition coefficient (Wildman–Crippen LogP) is 2.60. The van der Waals surface area contributed by atoms with Crippen LogP contribution in [0, 0.1) is 0 Å². The van der Waals surface area contributed by atoms with Crippen LogP contribution in [0.3, 0.4) is 0 Å². The van der Waals surface area contributed by atoms with Crippen molar-refractivity contribution in [3.05, 3.63) is 64.7 Å². The maximum atomic E-state index is 12.6. The summed E-state index contributed by atoms with van der Waals surface area (Å²) in [4.78, 5) is 25.2. The summed E-state index contributed by atoms with van der Waals surface area (Å²) in [7, 11) is -4.13. The molecule has 2 N–H and O–H groups in total. The first-order chi connectivity index (χ1) is 12.6. The van der Waals surface area contributed by atoms with Gasteiger partial charge in [-0.25, -0.2) is 13.2 Å². The smallest absolute Gasteiger partial charge is 0.335 e. The van der Waals surface area contributed by atoms with E-state index in [0.29, 0.717) is 10.6 Å². The Kier molecular flexibility index (Phi) is 4.94. The van der Waals surface area contributed by atoms with Crippen molar-refractivity contribution in [2.45, 2.75) is 22.7 Å². The number of carbonyl (C=O) groups is 2. The highest BCUT2D eigenvalue weighted by atomic mass is 35.5. The largest absolute Gasteiger partial charge is 0.478 e. The molecule has 0 aliphatic carbocycles. The van der Waals surface area contributed by atoms with Gasteiger partial charge in [-0.15, -0.1) is 16.4 Å². The Hall–Kier alpha value is -2.13. The second kappa shape index (κ2) is 6.79. The number of rotatable bonds is 5. The van der Waals surface area contributed by atoms with Crippen LogP contribution in [0.4, 0.5) is 0 Å². The van der Waals surface area contributed by atoms with Gasteiger partial charge in [0.05, 0.1) is 10.5 Å². The number of halogens is 2. The lowest BCUT2D eigenvalue weighted by molar-refractivity contribution is -0.158. The van der Waals surface area contributed by atoms with E-state index in [1.807, 2.05) is 0 Å². The Balaban J connectivity index is 1.91. The zero-order valence-electron chi connectivity index (χ0n) is 13.9. The molecule has 0 spiro atoms. The first-order valence-corrected chi connectivity index (χ1v) is 9.97. The van der Waals surface area contributed by atoms with Gasteiger partial charge in [-0.2, -0.15) is 0 Å². The average molecular weight is 429 g/mol. The van der Waals surface area contributed by atoms with E-state index in [9.17, 15) is 18.0 Å². The molecule has 0 bridgehead atoms. The summed E-state index contributed by atoms with van der Waals surface area (Å²) < 4.78 is 25.3. The number of hydrogen-bond donors (Lipinski definition) is 2. The number of carboxylic acid groups (broad SMARTS) is 1. The lowest BCUT2D eigenvalue weighted by Crippen LogP contribution is -2.73.